The molecule has 8 rings (SSSR count). The van der Waals surface area contributed by atoms with E-state index >= 15 is 0 Å². The van der Waals surface area contributed by atoms with Crippen LogP contribution in [0.15, 0.2) is 64.4 Å². The van der Waals surface area contributed by atoms with E-state index < -0.39 is 11.2 Å². The summed E-state index contributed by atoms with van der Waals surface area (Å²) < 4.78 is 1.67. The Morgan fingerprint density at radius 1 is 1.03 bits per heavy atom. The Morgan fingerprint density at radius 2 is 1.82 bits per heavy atom. The molecule has 3 saturated carbocycles. The quantitative estimate of drug-likeness (QED) is 0.571. The smallest absolute Gasteiger partial charge is 0.278 e. The molecule has 34 heavy (non-hydrogen) atoms. The fourth-order valence-electron chi connectivity index (χ4n) is 6.14. The standard InChI is InChI=1S/C26H22ClN3O3S/c27-18-6-3-4-16-13-34-20-7-2-1-5-17(20)22(21(16)18)30-14-28(26-10-15(11-26)12-26)25(33)23-24(32)19(31)8-9-29(23)30/h1-9,15,22,32H,10-14H2/t15?,22-,26?/m1/s1. The minimum absolute atomic E-state index is 0.0338. The first-order valence-corrected chi connectivity index (χ1v) is 12.9. The molecule has 2 aromatic carbocycles. The third-order valence-corrected chi connectivity index (χ3v) is 9.42. The molecule has 6 nitrogen and oxygen atoms in total. The van der Waals surface area contributed by atoms with Crippen LogP contribution >= 0.6 is 23.4 Å². The Labute approximate surface area is 205 Å². The maximum atomic E-state index is 13.7. The van der Waals surface area contributed by atoms with Gasteiger partial charge in [0.05, 0.1) is 0 Å². The number of amides is 1. The van der Waals surface area contributed by atoms with Crippen molar-refractivity contribution in [1.82, 2.24) is 9.58 Å². The molecule has 1 atom stereocenters. The van der Waals surface area contributed by atoms with Crippen LogP contribution in [0.25, 0.3) is 0 Å². The first kappa shape index (κ1) is 20.5. The summed E-state index contributed by atoms with van der Waals surface area (Å²) in [6, 6.07) is 15.3. The summed E-state index contributed by atoms with van der Waals surface area (Å²) in [6.07, 6.45) is 4.56. The number of rotatable bonds is 2. The van der Waals surface area contributed by atoms with Gasteiger partial charge in [0.25, 0.3) is 5.91 Å². The van der Waals surface area contributed by atoms with Crippen molar-refractivity contribution in [3.05, 3.63) is 92.4 Å². The van der Waals surface area contributed by atoms with Crippen LogP contribution in [0, 0.1) is 5.92 Å². The molecule has 1 amide bonds. The third kappa shape index (κ3) is 2.65. The zero-order valence-electron chi connectivity index (χ0n) is 18.3. The number of thioether (sulfide) groups is 1. The summed E-state index contributed by atoms with van der Waals surface area (Å²) in [6.45, 7) is 0.356. The molecule has 0 radical (unpaired) electrons. The van der Waals surface area contributed by atoms with Gasteiger partial charge in [-0.25, -0.2) is 0 Å². The molecule has 0 saturated heterocycles. The molecule has 2 aliphatic heterocycles. The van der Waals surface area contributed by atoms with Crippen LogP contribution in [0.3, 0.4) is 0 Å². The fraction of sp³-hybridized carbons (Fsp3) is 0.308. The van der Waals surface area contributed by atoms with Crippen LogP contribution in [0.4, 0.5) is 0 Å². The molecular weight excluding hydrogens is 470 g/mol. The SMILES string of the molecule is O=C1c2c(O)c(=O)ccn2N([C@@H]2c3ccccc3SCc3cccc(Cl)c32)CN1C12CC(C1)C2. The Hall–Kier alpha value is -2.90. The number of halogens is 1. The van der Waals surface area contributed by atoms with Crippen LogP contribution in [-0.4, -0.2) is 32.8 Å². The van der Waals surface area contributed by atoms with Crippen molar-refractivity contribution in [2.75, 3.05) is 11.7 Å². The van der Waals surface area contributed by atoms with Gasteiger partial charge in [-0.15, -0.1) is 11.8 Å². The first-order chi connectivity index (χ1) is 16.5. The lowest BCUT2D eigenvalue weighted by atomic mass is 9.49. The molecule has 1 aromatic heterocycles. The number of carbonyl (C=O) groups is 1. The number of hydrogen-bond donors (Lipinski definition) is 1. The second kappa shape index (κ2) is 7.06. The van der Waals surface area contributed by atoms with E-state index in [1.807, 2.05) is 29.2 Å². The highest BCUT2D eigenvalue weighted by atomic mass is 35.5. The van der Waals surface area contributed by atoms with Crippen molar-refractivity contribution < 1.29 is 9.90 Å². The summed E-state index contributed by atoms with van der Waals surface area (Å²) in [4.78, 5) is 29.1. The largest absolute Gasteiger partial charge is 0.502 e. The van der Waals surface area contributed by atoms with E-state index in [9.17, 15) is 14.7 Å². The first-order valence-electron chi connectivity index (χ1n) is 11.5. The molecule has 0 unspecified atom stereocenters. The summed E-state index contributed by atoms with van der Waals surface area (Å²) in [7, 11) is 0. The predicted molar refractivity (Wildman–Crippen MR) is 131 cm³/mol. The highest BCUT2D eigenvalue weighted by Gasteiger charge is 2.62. The van der Waals surface area contributed by atoms with Gasteiger partial charge in [-0.1, -0.05) is 41.9 Å². The monoisotopic (exact) mass is 491 g/mol. The van der Waals surface area contributed by atoms with Crippen LogP contribution in [0.2, 0.25) is 5.02 Å². The highest BCUT2D eigenvalue weighted by molar-refractivity contribution is 7.98. The van der Waals surface area contributed by atoms with Gasteiger partial charge in [-0.05, 0) is 48.4 Å². The van der Waals surface area contributed by atoms with Crippen molar-refractivity contribution in [2.45, 2.75) is 41.5 Å². The van der Waals surface area contributed by atoms with Crippen LogP contribution in [0.5, 0.6) is 5.75 Å². The second-order valence-electron chi connectivity index (χ2n) is 9.78. The fourth-order valence-corrected chi connectivity index (χ4v) is 7.52. The molecule has 0 spiro atoms. The summed E-state index contributed by atoms with van der Waals surface area (Å²) in [5.74, 6) is 0.693. The topological polar surface area (TPSA) is 65.8 Å². The summed E-state index contributed by atoms with van der Waals surface area (Å²) >= 11 is 8.63. The zero-order valence-corrected chi connectivity index (χ0v) is 19.9. The van der Waals surface area contributed by atoms with Gasteiger partial charge in [0, 0.05) is 39.0 Å². The average molecular weight is 492 g/mol. The van der Waals surface area contributed by atoms with Crippen LogP contribution in [-0.2, 0) is 5.75 Å². The molecule has 3 aromatic rings. The van der Waals surface area contributed by atoms with Gasteiger partial charge in [-0.2, -0.15) is 0 Å². The van der Waals surface area contributed by atoms with Crippen LogP contribution in [0.1, 0.15) is 52.5 Å². The molecule has 5 aliphatic rings. The van der Waals surface area contributed by atoms with E-state index in [0.29, 0.717) is 17.6 Å². The maximum Gasteiger partial charge on any atom is 0.278 e. The van der Waals surface area contributed by atoms with Gasteiger partial charge in [0.15, 0.2) is 11.4 Å². The lowest BCUT2D eigenvalue weighted by Gasteiger charge is -2.67. The number of nitrogens with zero attached hydrogens (tertiary/aromatic N) is 3. The van der Waals surface area contributed by atoms with E-state index in [1.165, 1.54) is 6.07 Å². The number of fused-ring (bicyclic) bond motifs is 3. The molecule has 8 heteroatoms. The Kier molecular flexibility index (Phi) is 4.25. The van der Waals surface area contributed by atoms with E-state index in [4.69, 9.17) is 11.6 Å². The van der Waals surface area contributed by atoms with Crippen molar-refractivity contribution in [3.63, 3.8) is 0 Å². The lowest BCUT2D eigenvalue weighted by Crippen LogP contribution is -2.73. The minimum atomic E-state index is -0.547. The summed E-state index contributed by atoms with van der Waals surface area (Å²) in [5, 5.41) is 13.5. The van der Waals surface area contributed by atoms with Crippen LogP contribution < -0.4 is 10.4 Å². The van der Waals surface area contributed by atoms with Gasteiger partial charge >= 0.3 is 0 Å². The number of aromatic hydroxyl groups is 1. The lowest BCUT2D eigenvalue weighted by molar-refractivity contribution is -0.128. The maximum absolute atomic E-state index is 13.7. The van der Waals surface area contributed by atoms with Gasteiger partial charge < -0.3 is 10.0 Å². The molecule has 1 N–H and O–H groups in total. The van der Waals surface area contributed by atoms with Gasteiger partial charge in [0.1, 0.15) is 12.7 Å². The highest BCUT2D eigenvalue weighted by Crippen LogP contribution is 2.61. The number of hydrogen-bond acceptors (Lipinski definition) is 5. The van der Waals surface area contributed by atoms with E-state index in [2.05, 4.69) is 23.2 Å². The molecule has 2 bridgehead atoms. The number of aromatic nitrogens is 1. The molecule has 3 aliphatic carbocycles. The van der Waals surface area contributed by atoms with Crippen molar-refractivity contribution in [1.29, 1.82) is 0 Å². The number of carbonyl (C=O) groups excluding carboxylic acids is 1. The molecule has 172 valence electrons. The second-order valence-corrected chi connectivity index (χ2v) is 11.2. The van der Waals surface area contributed by atoms with E-state index in [-0.39, 0.29) is 23.2 Å². The van der Waals surface area contributed by atoms with E-state index in [0.717, 1.165) is 46.6 Å². The van der Waals surface area contributed by atoms with Gasteiger partial charge in [0.2, 0.25) is 5.43 Å². The Bertz CT molecular complexity index is 1420. The third-order valence-electron chi connectivity index (χ3n) is 7.95. The van der Waals surface area contributed by atoms with Crippen molar-refractivity contribution in [2.24, 2.45) is 5.92 Å². The average Bonchev–Trinajstić information content (AvgIpc) is 2.94. The Morgan fingerprint density at radius 3 is 2.59 bits per heavy atom. The van der Waals surface area contributed by atoms with Gasteiger partial charge in [-0.3, -0.25) is 19.3 Å². The molecule has 3 heterocycles. The number of benzene rings is 2. The predicted octanol–water partition coefficient (Wildman–Crippen LogP) is 4.51. The van der Waals surface area contributed by atoms with Crippen molar-refractivity contribution >= 4 is 29.3 Å². The van der Waals surface area contributed by atoms with E-state index in [1.54, 1.807) is 22.6 Å². The minimum Gasteiger partial charge on any atom is -0.502 e. The number of pyridine rings is 1. The molecular formula is C26H22ClN3O3S. The Balaban J connectivity index is 1.49. The molecule has 3 fully saturated rings. The zero-order chi connectivity index (χ0) is 23.2. The normalized spacial score (nSPS) is 26.6. The summed E-state index contributed by atoms with van der Waals surface area (Å²) in [5.41, 5.74) is 2.54. The van der Waals surface area contributed by atoms with Crippen molar-refractivity contribution in [3.8, 4) is 5.75 Å².